The van der Waals surface area contributed by atoms with Gasteiger partial charge in [-0.15, -0.1) is 0 Å². The second-order valence-electron chi connectivity index (χ2n) is 8.42. The standard InChI is InChI=1S/C21H18F4N4O2/c1-31-18-17-28-15(20-8-21(9-20,10-20)19(24)25)7-29(17)6-11(26-18)5-14(30)12-3-2-4-13(27-12)16(22)23/h2-4,6-7,16,19H,5,8-10H2,1H3. The van der Waals surface area contributed by atoms with Gasteiger partial charge in [-0.1, -0.05) is 6.07 Å². The zero-order valence-electron chi connectivity index (χ0n) is 16.5. The molecule has 162 valence electrons. The van der Waals surface area contributed by atoms with Crippen LogP contribution in [0.15, 0.2) is 30.6 Å². The van der Waals surface area contributed by atoms with Crippen LogP contribution in [-0.2, 0) is 11.8 Å². The molecule has 0 saturated heterocycles. The number of Topliss-reactive ketones (excluding diaryl/α,β-unsaturated/α-hetero) is 1. The number of aromatic nitrogens is 4. The smallest absolute Gasteiger partial charge is 0.280 e. The first kappa shape index (κ1) is 19.9. The summed E-state index contributed by atoms with van der Waals surface area (Å²) in [7, 11) is 1.42. The molecule has 31 heavy (non-hydrogen) atoms. The van der Waals surface area contributed by atoms with E-state index in [4.69, 9.17) is 4.74 Å². The molecule has 0 atom stereocenters. The van der Waals surface area contributed by atoms with Crippen molar-refractivity contribution < 1.29 is 27.1 Å². The zero-order chi connectivity index (χ0) is 22.0. The number of rotatable bonds is 7. The highest BCUT2D eigenvalue weighted by Crippen LogP contribution is 2.75. The van der Waals surface area contributed by atoms with Crippen molar-refractivity contribution in [2.24, 2.45) is 5.41 Å². The highest BCUT2D eigenvalue weighted by molar-refractivity contribution is 5.95. The van der Waals surface area contributed by atoms with Gasteiger partial charge >= 0.3 is 0 Å². The molecule has 3 aliphatic carbocycles. The third-order valence-corrected chi connectivity index (χ3v) is 6.35. The fourth-order valence-corrected chi connectivity index (χ4v) is 4.85. The average molecular weight is 434 g/mol. The number of imidazole rings is 1. The minimum absolute atomic E-state index is 0.0730. The van der Waals surface area contributed by atoms with Gasteiger partial charge in [-0.3, -0.25) is 4.79 Å². The third kappa shape index (κ3) is 2.99. The van der Waals surface area contributed by atoms with Crippen molar-refractivity contribution in [1.29, 1.82) is 0 Å². The molecule has 10 heteroatoms. The molecule has 0 amide bonds. The summed E-state index contributed by atoms with van der Waals surface area (Å²) in [6, 6.07) is 3.89. The quantitative estimate of drug-likeness (QED) is 0.412. The van der Waals surface area contributed by atoms with Crippen LogP contribution >= 0.6 is 0 Å². The number of ketones is 1. The number of carbonyl (C=O) groups excluding carboxylic acids is 1. The molecule has 3 saturated carbocycles. The molecule has 0 N–H and O–H groups in total. The lowest BCUT2D eigenvalue weighted by atomic mass is 9.34. The van der Waals surface area contributed by atoms with E-state index in [2.05, 4.69) is 15.0 Å². The van der Waals surface area contributed by atoms with Crippen LogP contribution in [0.2, 0.25) is 0 Å². The number of hydrogen-bond donors (Lipinski definition) is 0. The number of ether oxygens (including phenoxy) is 1. The predicted octanol–water partition coefficient (Wildman–Crippen LogP) is 4.18. The highest BCUT2D eigenvalue weighted by Gasteiger charge is 2.73. The molecule has 3 aromatic rings. The number of methoxy groups -OCH3 is 1. The van der Waals surface area contributed by atoms with Crippen LogP contribution in [0.5, 0.6) is 5.88 Å². The number of carbonyl (C=O) groups is 1. The normalized spacial score (nSPS) is 24.4. The minimum Gasteiger partial charge on any atom is -0.478 e. The van der Waals surface area contributed by atoms with Gasteiger partial charge in [-0.25, -0.2) is 32.5 Å². The molecule has 6 rings (SSSR count). The molecule has 0 aliphatic heterocycles. The SMILES string of the molecule is COc1nc(CC(=O)c2cccc(C(F)F)n2)cn2cc(C34CC(C(F)F)(C3)C4)nc12. The minimum atomic E-state index is -2.77. The summed E-state index contributed by atoms with van der Waals surface area (Å²) in [5, 5.41) is 0. The van der Waals surface area contributed by atoms with E-state index in [1.807, 2.05) is 0 Å². The number of hydrogen-bond acceptors (Lipinski definition) is 5. The molecule has 0 unspecified atom stereocenters. The maximum atomic E-state index is 13.2. The van der Waals surface area contributed by atoms with Gasteiger partial charge in [0.05, 0.1) is 24.9 Å². The van der Waals surface area contributed by atoms with Gasteiger partial charge in [0.1, 0.15) is 11.4 Å². The Labute approximate surface area is 174 Å². The Kier molecular flexibility index (Phi) is 4.32. The Morgan fingerprint density at radius 2 is 1.87 bits per heavy atom. The van der Waals surface area contributed by atoms with Crippen LogP contribution in [0.1, 0.15) is 53.3 Å². The van der Waals surface area contributed by atoms with Crippen molar-refractivity contribution in [2.75, 3.05) is 7.11 Å². The summed E-state index contributed by atoms with van der Waals surface area (Å²) in [5.74, 6) is -0.268. The maximum absolute atomic E-state index is 13.2. The molecule has 0 radical (unpaired) electrons. The molecule has 6 nitrogen and oxygen atoms in total. The molecular formula is C21H18F4N4O2. The summed E-state index contributed by atoms with van der Waals surface area (Å²) in [4.78, 5) is 25.2. The number of fused-ring (bicyclic) bond motifs is 1. The van der Waals surface area contributed by atoms with Gasteiger partial charge in [-0.05, 0) is 31.4 Å². The van der Waals surface area contributed by atoms with Gasteiger partial charge in [-0.2, -0.15) is 0 Å². The van der Waals surface area contributed by atoms with Crippen LogP contribution in [-0.4, -0.2) is 38.7 Å². The largest absolute Gasteiger partial charge is 0.478 e. The van der Waals surface area contributed by atoms with E-state index in [0.717, 1.165) is 6.07 Å². The van der Waals surface area contributed by atoms with Crippen molar-refractivity contribution in [3.05, 3.63) is 53.4 Å². The Hall–Kier alpha value is -3.04. The fraction of sp³-hybridized carbons (Fsp3) is 0.429. The van der Waals surface area contributed by atoms with E-state index in [-0.39, 0.29) is 23.4 Å². The van der Waals surface area contributed by atoms with E-state index in [9.17, 15) is 22.4 Å². The van der Waals surface area contributed by atoms with E-state index in [1.54, 1.807) is 16.8 Å². The lowest BCUT2D eigenvalue weighted by molar-refractivity contribution is -0.223. The van der Waals surface area contributed by atoms with Crippen LogP contribution < -0.4 is 4.74 Å². The first-order valence-corrected chi connectivity index (χ1v) is 9.75. The highest BCUT2D eigenvalue weighted by atomic mass is 19.3. The zero-order valence-corrected chi connectivity index (χ0v) is 16.5. The summed E-state index contributed by atoms with van der Waals surface area (Å²) in [5.41, 5.74) is -0.239. The van der Waals surface area contributed by atoms with Crippen LogP contribution in [0.4, 0.5) is 17.6 Å². The van der Waals surface area contributed by atoms with E-state index < -0.39 is 29.7 Å². The summed E-state index contributed by atoms with van der Waals surface area (Å²) in [6.07, 6.45) is -0.655. The van der Waals surface area contributed by atoms with Crippen LogP contribution in [0.3, 0.4) is 0 Å². The lowest BCUT2D eigenvalue weighted by Gasteiger charge is -2.69. The Morgan fingerprint density at radius 3 is 2.52 bits per heavy atom. The number of alkyl halides is 4. The van der Waals surface area contributed by atoms with Gasteiger partial charge < -0.3 is 9.14 Å². The van der Waals surface area contributed by atoms with E-state index >= 15 is 0 Å². The molecule has 2 bridgehead atoms. The van der Waals surface area contributed by atoms with Gasteiger partial charge in [0.25, 0.3) is 12.3 Å². The molecule has 3 fully saturated rings. The fourth-order valence-electron chi connectivity index (χ4n) is 4.85. The Morgan fingerprint density at radius 1 is 1.13 bits per heavy atom. The molecule has 0 spiro atoms. The summed E-state index contributed by atoms with van der Waals surface area (Å²) >= 11 is 0. The molecule has 3 aromatic heterocycles. The van der Waals surface area contributed by atoms with E-state index in [1.165, 1.54) is 19.2 Å². The summed E-state index contributed by atoms with van der Waals surface area (Å²) in [6.45, 7) is 0. The first-order chi connectivity index (χ1) is 14.7. The first-order valence-electron chi connectivity index (χ1n) is 9.75. The van der Waals surface area contributed by atoms with Gasteiger partial charge in [0, 0.05) is 23.2 Å². The van der Waals surface area contributed by atoms with Crippen LogP contribution in [0, 0.1) is 5.41 Å². The molecule has 3 aliphatic rings. The van der Waals surface area contributed by atoms with Crippen molar-refractivity contribution in [2.45, 2.75) is 43.9 Å². The van der Waals surface area contributed by atoms with Gasteiger partial charge in [0.2, 0.25) is 12.1 Å². The molecule has 0 aromatic carbocycles. The second-order valence-corrected chi connectivity index (χ2v) is 8.42. The monoisotopic (exact) mass is 434 g/mol. The van der Waals surface area contributed by atoms with E-state index in [0.29, 0.717) is 36.3 Å². The third-order valence-electron chi connectivity index (χ3n) is 6.35. The summed E-state index contributed by atoms with van der Waals surface area (Å²) < 4.78 is 59.0. The predicted molar refractivity (Wildman–Crippen MR) is 101 cm³/mol. The van der Waals surface area contributed by atoms with Crippen molar-refractivity contribution in [3.63, 3.8) is 0 Å². The Bertz CT molecular complexity index is 1170. The number of halogens is 4. The van der Waals surface area contributed by atoms with Crippen molar-refractivity contribution in [1.82, 2.24) is 19.4 Å². The topological polar surface area (TPSA) is 69.4 Å². The number of pyridine rings is 1. The van der Waals surface area contributed by atoms with Crippen molar-refractivity contribution in [3.8, 4) is 5.88 Å². The maximum Gasteiger partial charge on any atom is 0.280 e. The molecule has 3 heterocycles. The lowest BCUT2D eigenvalue weighted by Crippen LogP contribution is -2.67. The van der Waals surface area contributed by atoms with Crippen LogP contribution in [0.25, 0.3) is 5.65 Å². The van der Waals surface area contributed by atoms with Gasteiger partial charge in [0.15, 0.2) is 5.78 Å². The van der Waals surface area contributed by atoms with Crippen molar-refractivity contribution >= 4 is 11.4 Å². The Balaban J connectivity index is 1.42. The second kappa shape index (κ2) is 6.73. The number of nitrogens with zero attached hydrogens (tertiary/aromatic N) is 4. The molecular weight excluding hydrogens is 416 g/mol. The average Bonchev–Trinajstić information content (AvgIpc) is 3.08.